The first kappa shape index (κ1) is 18.2. The van der Waals surface area contributed by atoms with Crippen molar-refractivity contribution in [3.8, 4) is 11.5 Å². The highest BCUT2D eigenvalue weighted by Gasteiger charge is 2.19. The molecule has 0 amide bonds. The van der Waals surface area contributed by atoms with Crippen LogP contribution in [-0.2, 0) is 16.0 Å². The highest BCUT2D eigenvalue weighted by molar-refractivity contribution is 5.72. The Morgan fingerprint density at radius 2 is 1.85 bits per heavy atom. The van der Waals surface area contributed by atoms with Gasteiger partial charge in [-0.3, -0.25) is 14.9 Å². The van der Waals surface area contributed by atoms with Gasteiger partial charge in [0.05, 0.1) is 11.3 Å². The monoisotopic (exact) mass is 371 g/mol. The van der Waals surface area contributed by atoms with Crippen molar-refractivity contribution < 1.29 is 23.3 Å². The number of hydrogen-bond acceptors (Lipinski definition) is 7. The van der Waals surface area contributed by atoms with Gasteiger partial charge in [0.1, 0.15) is 5.82 Å². The summed E-state index contributed by atoms with van der Waals surface area (Å²) >= 11 is 0. The molecule has 0 aliphatic rings. The number of nitro benzene ring substituents is 1. The Hall–Kier alpha value is -3.62. The molecule has 9 heteroatoms. The molecule has 1 heterocycles. The minimum atomic E-state index is -0.780. The first-order valence-electron chi connectivity index (χ1n) is 7.94. The second-order valence-electron chi connectivity index (χ2n) is 5.68. The number of nitrogens with zero attached hydrogens (tertiary/aromatic N) is 3. The van der Waals surface area contributed by atoms with Crippen LogP contribution in [-0.4, -0.2) is 21.1 Å². The zero-order chi connectivity index (χ0) is 19.4. The summed E-state index contributed by atoms with van der Waals surface area (Å²) in [6.07, 6.45) is -0.800. The van der Waals surface area contributed by atoms with Gasteiger partial charge in [-0.1, -0.05) is 12.1 Å². The summed E-state index contributed by atoms with van der Waals surface area (Å²) < 4.78 is 23.6. The number of halogens is 1. The molecular formula is C18H14FN3O5. The molecule has 0 bridgehead atoms. The predicted molar refractivity (Wildman–Crippen MR) is 91.0 cm³/mol. The van der Waals surface area contributed by atoms with Gasteiger partial charge in [-0.15, -0.1) is 10.2 Å². The van der Waals surface area contributed by atoms with Gasteiger partial charge < -0.3 is 9.15 Å². The first-order valence-corrected chi connectivity index (χ1v) is 7.94. The molecule has 27 heavy (non-hydrogen) atoms. The molecule has 0 saturated carbocycles. The van der Waals surface area contributed by atoms with Crippen molar-refractivity contribution in [2.24, 2.45) is 0 Å². The van der Waals surface area contributed by atoms with Crippen molar-refractivity contribution in [2.45, 2.75) is 19.4 Å². The van der Waals surface area contributed by atoms with Crippen molar-refractivity contribution in [1.29, 1.82) is 0 Å². The summed E-state index contributed by atoms with van der Waals surface area (Å²) in [5, 5.41) is 18.4. The summed E-state index contributed by atoms with van der Waals surface area (Å²) in [5.74, 6) is -0.661. The minimum Gasteiger partial charge on any atom is -0.452 e. The summed E-state index contributed by atoms with van der Waals surface area (Å²) in [6, 6.07) is 11.2. The molecular weight excluding hydrogens is 357 g/mol. The average molecular weight is 371 g/mol. The Morgan fingerprint density at radius 3 is 2.48 bits per heavy atom. The molecule has 1 aromatic heterocycles. The highest BCUT2D eigenvalue weighted by Crippen LogP contribution is 2.24. The van der Waals surface area contributed by atoms with Crippen molar-refractivity contribution >= 4 is 11.7 Å². The molecule has 138 valence electrons. The molecule has 2 aromatic carbocycles. The number of rotatable bonds is 6. The van der Waals surface area contributed by atoms with Crippen LogP contribution in [0.1, 0.15) is 24.5 Å². The molecule has 0 unspecified atom stereocenters. The number of nitro groups is 1. The first-order chi connectivity index (χ1) is 12.9. The second kappa shape index (κ2) is 7.73. The number of carbonyl (C=O) groups is 1. The fourth-order valence-electron chi connectivity index (χ4n) is 2.30. The van der Waals surface area contributed by atoms with Crippen LogP contribution in [0.25, 0.3) is 11.5 Å². The van der Waals surface area contributed by atoms with Crippen molar-refractivity contribution in [1.82, 2.24) is 10.2 Å². The number of ether oxygens (including phenoxy) is 1. The van der Waals surface area contributed by atoms with E-state index in [0.717, 1.165) is 0 Å². The van der Waals surface area contributed by atoms with Crippen molar-refractivity contribution in [3.63, 3.8) is 0 Å². The number of benzene rings is 2. The van der Waals surface area contributed by atoms with Gasteiger partial charge in [-0.05, 0) is 36.8 Å². The normalized spacial score (nSPS) is 11.8. The van der Waals surface area contributed by atoms with E-state index in [1.807, 2.05) is 0 Å². The lowest BCUT2D eigenvalue weighted by Crippen LogP contribution is -2.11. The maximum absolute atomic E-state index is 12.9. The molecule has 0 spiro atoms. The van der Waals surface area contributed by atoms with Gasteiger partial charge in [0, 0.05) is 17.7 Å². The van der Waals surface area contributed by atoms with Crippen LogP contribution in [0.3, 0.4) is 0 Å². The molecule has 0 aliphatic heterocycles. The van der Waals surface area contributed by atoms with Gasteiger partial charge in [0.2, 0.25) is 5.89 Å². The lowest BCUT2D eigenvalue weighted by Gasteiger charge is -2.09. The standard InChI is InChI=1S/C18H14FN3O5/c1-11(26-16(23)10-12-2-6-14(19)7-3-12)17-20-21-18(27-17)13-4-8-15(9-5-13)22(24)25/h2-9,11H,10H2,1H3/t11-/m0/s1. The van der Waals surface area contributed by atoms with E-state index in [1.165, 1.54) is 48.5 Å². The van der Waals surface area contributed by atoms with Crippen molar-refractivity contribution in [2.75, 3.05) is 0 Å². The third kappa shape index (κ3) is 4.51. The predicted octanol–water partition coefficient (Wildman–Crippen LogP) is 3.63. The molecule has 0 aliphatic carbocycles. The van der Waals surface area contributed by atoms with Crippen LogP contribution in [0.5, 0.6) is 0 Å². The Labute approximate surface area is 152 Å². The lowest BCUT2D eigenvalue weighted by atomic mass is 10.1. The van der Waals surface area contributed by atoms with E-state index in [9.17, 15) is 19.3 Å². The Kier molecular flexibility index (Phi) is 5.20. The van der Waals surface area contributed by atoms with E-state index in [1.54, 1.807) is 6.92 Å². The molecule has 0 saturated heterocycles. The fourth-order valence-corrected chi connectivity index (χ4v) is 2.30. The molecule has 1 atom stereocenters. The van der Waals surface area contributed by atoms with Crippen molar-refractivity contribution in [3.05, 3.63) is 75.9 Å². The number of hydrogen-bond donors (Lipinski definition) is 0. The molecule has 3 rings (SSSR count). The minimum absolute atomic E-state index is 0.0199. The maximum atomic E-state index is 12.9. The fraction of sp³-hybridized carbons (Fsp3) is 0.167. The smallest absolute Gasteiger partial charge is 0.311 e. The average Bonchev–Trinajstić information content (AvgIpc) is 3.14. The van der Waals surface area contributed by atoms with E-state index in [0.29, 0.717) is 11.1 Å². The number of carbonyl (C=O) groups excluding carboxylic acids is 1. The van der Waals surface area contributed by atoms with Gasteiger partial charge in [0.15, 0.2) is 6.10 Å². The Bertz CT molecular complexity index is 954. The molecule has 8 nitrogen and oxygen atoms in total. The SMILES string of the molecule is C[C@H](OC(=O)Cc1ccc(F)cc1)c1nnc(-c2ccc([N+](=O)[O-])cc2)o1. The van der Waals surface area contributed by atoms with Crippen LogP contribution < -0.4 is 0 Å². The van der Waals surface area contributed by atoms with Crippen LogP contribution in [0.4, 0.5) is 10.1 Å². The number of aromatic nitrogens is 2. The molecule has 0 radical (unpaired) electrons. The van der Waals surface area contributed by atoms with Gasteiger partial charge in [0.25, 0.3) is 11.6 Å². The third-order valence-corrected chi connectivity index (χ3v) is 3.68. The molecule has 3 aromatic rings. The maximum Gasteiger partial charge on any atom is 0.311 e. The summed E-state index contributed by atoms with van der Waals surface area (Å²) in [7, 11) is 0. The molecule has 0 N–H and O–H groups in total. The Balaban J connectivity index is 1.63. The number of esters is 1. The summed E-state index contributed by atoms with van der Waals surface area (Å²) in [4.78, 5) is 22.2. The van der Waals surface area contributed by atoms with Gasteiger partial charge in [-0.2, -0.15) is 0 Å². The second-order valence-corrected chi connectivity index (χ2v) is 5.68. The summed E-state index contributed by atoms with van der Waals surface area (Å²) in [6.45, 7) is 1.58. The zero-order valence-corrected chi connectivity index (χ0v) is 14.2. The summed E-state index contributed by atoms with van der Waals surface area (Å²) in [5.41, 5.74) is 1.07. The topological polar surface area (TPSA) is 108 Å². The van der Waals surface area contributed by atoms with E-state index in [-0.39, 0.29) is 29.7 Å². The van der Waals surface area contributed by atoms with Gasteiger partial charge in [-0.25, -0.2) is 4.39 Å². The quantitative estimate of drug-likeness (QED) is 0.370. The highest BCUT2D eigenvalue weighted by atomic mass is 19.1. The third-order valence-electron chi connectivity index (χ3n) is 3.68. The Morgan fingerprint density at radius 1 is 1.19 bits per heavy atom. The van der Waals surface area contributed by atoms with E-state index in [4.69, 9.17) is 9.15 Å². The van der Waals surface area contributed by atoms with E-state index < -0.39 is 17.0 Å². The van der Waals surface area contributed by atoms with Crippen LogP contribution >= 0.6 is 0 Å². The lowest BCUT2D eigenvalue weighted by molar-refractivity contribution is -0.384. The largest absolute Gasteiger partial charge is 0.452 e. The van der Waals surface area contributed by atoms with Gasteiger partial charge >= 0.3 is 5.97 Å². The zero-order valence-electron chi connectivity index (χ0n) is 14.2. The van der Waals surface area contributed by atoms with E-state index in [2.05, 4.69) is 10.2 Å². The molecule has 0 fully saturated rings. The number of non-ortho nitro benzene ring substituents is 1. The van der Waals surface area contributed by atoms with E-state index >= 15 is 0 Å². The van der Waals surface area contributed by atoms with Crippen LogP contribution in [0, 0.1) is 15.9 Å². The van der Waals surface area contributed by atoms with Crippen LogP contribution in [0.2, 0.25) is 0 Å². The van der Waals surface area contributed by atoms with Crippen LogP contribution in [0.15, 0.2) is 52.9 Å².